The van der Waals surface area contributed by atoms with Crippen LogP contribution < -0.4 is 10.6 Å². The number of thioether (sulfide) groups is 1. The molecule has 0 heterocycles. The Morgan fingerprint density at radius 2 is 1.94 bits per heavy atom. The van der Waals surface area contributed by atoms with E-state index in [4.69, 9.17) is 0 Å². The number of rotatable bonds is 9. The minimum Gasteiger partial charge on any atom is -0.359 e. The van der Waals surface area contributed by atoms with Crippen LogP contribution in [-0.2, 0) is 14.4 Å². The molecule has 0 aliphatic carbocycles. The van der Waals surface area contributed by atoms with Crippen LogP contribution in [0.2, 0.25) is 0 Å². The number of aldehydes is 1. The van der Waals surface area contributed by atoms with E-state index in [1.165, 1.54) is 0 Å². The van der Waals surface area contributed by atoms with Gasteiger partial charge >= 0.3 is 0 Å². The molecule has 6 heteroatoms. The monoisotopic (exact) mass is 260 g/mol. The quantitative estimate of drug-likeness (QED) is 0.458. The van der Waals surface area contributed by atoms with Gasteiger partial charge in [-0.25, -0.2) is 0 Å². The summed E-state index contributed by atoms with van der Waals surface area (Å²) in [7, 11) is 1.55. The largest absolute Gasteiger partial charge is 0.359 e. The number of nitrogens with one attached hydrogen (secondary N) is 2. The van der Waals surface area contributed by atoms with Gasteiger partial charge in [-0.15, -0.1) is 0 Å². The third-order valence-corrected chi connectivity index (χ3v) is 3.29. The maximum atomic E-state index is 11.3. The average molecular weight is 260 g/mol. The van der Waals surface area contributed by atoms with Gasteiger partial charge in [-0.1, -0.05) is 6.92 Å². The number of carbonyl (C=O) groups excluding carboxylic acids is 3. The number of carbonyl (C=O) groups is 3. The fourth-order valence-electron chi connectivity index (χ4n) is 1.01. The van der Waals surface area contributed by atoms with E-state index < -0.39 is 0 Å². The van der Waals surface area contributed by atoms with Crippen LogP contribution in [0.4, 0.5) is 0 Å². The molecular weight excluding hydrogens is 240 g/mol. The summed E-state index contributed by atoms with van der Waals surface area (Å²) in [6.07, 6.45) is 1.36. The summed E-state index contributed by atoms with van der Waals surface area (Å²) in [5.74, 6) is 1.37. The van der Waals surface area contributed by atoms with Crippen molar-refractivity contribution in [1.82, 2.24) is 10.6 Å². The minimum absolute atomic E-state index is 0.0592. The molecule has 0 aliphatic heterocycles. The van der Waals surface area contributed by atoms with Crippen LogP contribution in [0.1, 0.15) is 19.8 Å². The van der Waals surface area contributed by atoms with Gasteiger partial charge in [0, 0.05) is 43.9 Å². The molecule has 2 N–H and O–H groups in total. The summed E-state index contributed by atoms with van der Waals surface area (Å²) in [4.78, 5) is 32.5. The first-order valence-electron chi connectivity index (χ1n) is 5.60. The number of hydrogen-bond donors (Lipinski definition) is 2. The standard InChI is InChI=1S/C11H20N2O3S/c1-9(7-14)8-17-6-5-13-11(16)4-3-10(15)12-2/h7,9H,3-6,8H2,1-2H3,(H,12,15)(H,13,16). The van der Waals surface area contributed by atoms with Gasteiger partial charge in [0.05, 0.1) is 0 Å². The van der Waals surface area contributed by atoms with Crippen LogP contribution in [0.25, 0.3) is 0 Å². The molecule has 0 saturated heterocycles. The molecule has 2 amide bonds. The van der Waals surface area contributed by atoms with Gasteiger partial charge in [-0.05, 0) is 0 Å². The van der Waals surface area contributed by atoms with E-state index in [1.54, 1.807) is 18.8 Å². The summed E-state index contributed by atoms with van der Waals surface area (Å²) in [6.45, 7) is 2.44. The van der Waals surface area contributed by atoms with E-state index in [0.717, 1.165) is 17.8 Å². The molecular formula is C11H20N2O3S. The molecule has 0 rings (SSSR count). The molecule has 17 heavy (non-hydrogen) atoms. The molecule has 0 aromatic heterocycles. The van der Waals surface area contributed by atoms with Crippen molar-refractivity contribution in [2.24, 2.45) is 5.92 Å². The van der Waals surface area contributed by atoms with E-state index in [-0.39, 0.29) is 30.6 Å². The summed E-state index contributed by atoms with van der Waals surface area (Å²) >= 11 is 1.63. The Bertz CT molecular complexity index is 259. The van der Waals surface area contributed by atoms with E-state index in [2.05, 4.69) is 10.6 Å². The average Bonchev–Trinajstić information content (AvgIpc) is 2.34. The summed E-state index contributed by atoms with van der Waals surface area (Å²) in [6, 6.07) is 0. The Balaban J connectivity index is 3.39. The Labute approximate surface area is 106 Å². The highest BCUT2D eigenvalue weighted by Crippen LogP contribution is 2.04. The summed E-state index contributed by atoms with van der Waals surface area (Å²) < 4.78 is 0. The molecule has 0 radical (unpaired) electrons. The van der Waals surface area contributed by atoms with Crippen molar-refractivity contribution < 1.29 is 14.4 Å². The zero-order valence-electron chi connectivity index (χ0n) is 10.3. The van der Waals surface area contributed by atoms with Crippen LogP contribution in [0.5, 0.6) is 0 Å². The first-order valence-corrected chi connectivity index (χ1v) is 6.76. The molecule has 0 aromatic carbocycles. The first-order chi connectivity index (χ1) is 8.10. The highest BCUT2D eigenvalue weighted by molar-refractivity contribution is 7.99. The van der Waals surface area contributed by atoms with Gasteiger partial charge < -0.3 is 15.4 Å². The molecule has 1 unspecified atom stereocenters. The molecule has 0 spiro atoms. The second kappa shape index (κ2) is 10.1. The maximum absolute atomic E-state index is 11.3. The topological polar surface area (TPSA) is 75.3 Å². The Hall–Kier alpha value is -1.04. The van der Waals surface area contributed by atoms with Gasteiger partial charge in [-0.3, -0.25) is 9.59 Å². The minimum atomic E-state index is -0.130. The molecule has 0 aromatic rings. The van der Waals surface area contributed by atoms with Crippen molar-refractivity contribution in [3.05, 3.63) is 0 Å². The molecule has 5 nitrogen and oxygen atoms in total. The molecule has 0 saturated carbocycles. The number of hydrogen-bond acceptors (Lipinski definition) is 4. The van der Waals surface area contributed by atoms with Crippen LogP contribution in [0.3, 0.4) is 0 Å². The van der Waals surface area contributed by atoms with Crippen LogP contribution in [0.15, 0.2) is 0 Å². The highest BCUT2D eigenvalue weighted by Gasteiger charge is 2.04. The SMILES string of the molecule is CNC(=O)CCC(=O)NCCSCC(C)C=O. The third kappa shape index (κ3) is 9.86. The Morgan fingerprint density at radius 3 is 2.53 bits per heavy atom. The fraction of sp³-hybridized carbons (Fsp3) is 0.727. The van der Waals surface area contributed by atoms with Gasteiger partial charge in [0.25, 0.3) is 0 Å². The maximum Gasteiger partial charge on any atom is 0.220 e. The van der Waals surface area contributed by atoms with Crippen molar-refractivity contribution in [1.29, 1.82) is 0 Å². The zero-order chi connectivity index (χ0) is 13.1. The molecule has 0 fully saturated rings. The molecule has 98 valence electrons. The van der Waals surface area contributed by atoms with E-state index in [1.807, 2.05) is 6.92 Å². The molecule has 1 atom stereocenters. The predicted octanol–water partition coefficient (Wildman–Crippen LogP) is 0.197. The van der Waals surface area contributed by atoms with Gasteiger partial charge in [0.2, 0.25) is 11.8 Å². The molecule has 0 bridgehead atoms. The lowest BCUT2D eigenvalue weighted by molar-refractivity contribution is -0.126. The van der Waals surface area contributed by atoms with Gasteiger partial charge in [-0.2, -0.15) is 11.8 Å². The Kier molecular flexibility index (Phi) is 9.52. The second-order valence-corrected chi connectivity index (χ2v) is 4.86. The third-order valence-electron chi connectivity index (χ3n) is 2.04. The van der Waals surface area contributed by atoms with Gasteiger partial charge in [0.15, 0.2) is 0 Å². The van der Waals surface area contributed by atoms with E-state index in [9.17, 15) is 14.4 Å². The zero-order valence-corrected chi connectivity index (χ0v) is 11.1. The van der Waals surface area contributed by atoms with Gasteiger partial charge in [0.1, 0.15) is 6.29 Å². The molecule has 0 aliphatic rings. The lowest BCUT2D eigenvalue weighted by Gasteiger charge is -2.06. The fourth-order valence-corrected chi connectivity index (χ4v) is 1.87. The second-order valence-electron chi connectivity index (χ2n) is 3.71. The summed E-state index contributed by atoms with van der Waals surface area (Å²) in [5.41, 5.74) is 0. The lowest BCUT2D eigenvalue weighted by atomic mass is 10.3. The van der Waals surface area contributed by atoms with Crippen molar-refractivity contribution in [3.8, 4) is 0 Å². The first kappa shape index (κ1) is 16.0. The van der Waals surface area contributed by atoms with Crippen molar-refractivity contribution in [3.63, 3.8) is 0 Å². The smallest absolute Gasteiger partial charge is 0.220 e. The van der Waals surface area contributed by atoms with Crippen molar-refractivity contribution in [2.75, 3.05) is 25.1 Å². The highest BCUT2D eigenvalue weighted by atomic mass is 32.2. The Morgan fingerprint density at radius 1 is 1.29 bits per heavy atom. The van der Waals surface area contributed by atoms with E-state index in [0.29, 0.717) is 6.54 Å². The van der Waals surface area contributed by atoms with Crippen LogP contribution in [0, 0.1) is 5.92 Å². The normalized spacial score (nSPS) is 11.6. The van der Waals surface area contributed by atoms with Crippen LogP contribution >= 0.6 is 11.8 Å². The predicted molar refractivity (Wildman–Crippen MR) is 68.9 cm³/mol. The summed E-state index contributed by atoms with van der Waals surface area (Å²) in [5, 5.41) is 5.19. The van der Waals surface area contributed by atoms with Crippen LogP contribution in [-0.4, -0.2) is 43.2 Å². The van der Waals surface area contributed by atoms with Crippen molar-refractivity contribution >= 4 is 29.9 Å². The number of amides is 2. The lowest BCUT2D eigenvalue weighted by Crippen LogP contribution is -2.28. The van der Waals surface area contributed by atoms with E-state index >= 15 is 0 Å². The van der Waals surface area contributed by atoms with Crippen molar-refractivity contribution in [2.45, 2.75) is 19.8 Å².